The van der Waals surface area contributed by atoms with Gasteiger partial charge < -0.3 is 19.5 Å². The molecule has 1 aliphatic heterocycles. The number of benzene rings is 1. The molecule has 3 atom stereocenters. The van der Waals surface area contributed by atoms with Gasteiger partial charge in [0.25, 0.3) is 0 Å². The lowest BCUT2D eigenvalue weighted by atomic mass is 10.2. The zero-order valence-electron chi connectivity index (χ0n) is 10.1. The van der Waals surface area contributed by atoms with E-state index < -0.39 is 35.9 Å². The summed E-state index contributed by atoms with van der Waals surface area (Å²) in [6.45, 7) is -0.373. The zero-order chi connectivity index (χ0) is 14.4. The van der Waals surface area contributed by atoms with Gasteiger partial charge in [0.1, 0.15) is 17.8 Å². The van der Waals surface area contributed by atoms with Gasteiger partial charge in [-0.15, -0.1) is 0 Å². The van der Waals surface area contributed by atoms with Crippen LogP contribution in [0, 0.1) is 17.5 Å². The Hall–Kier alpha value is -1.64. The van der Waals surface area contributed by atoms with E-state index in [1.807, 2.05) is 0 Å². The molecule has 0 spiro atoms. The van der Waals surface area contributed by atoms with Crippen molar-refractivity contribution in [2.75, 3.05) is 6.61 Å². The summed E-state index contributed by atoms with van der Waals surface area (Å²) in [6.07, 6.45) is -1.07. The molecule has 1 fully saturated rings. The fourth-order valence-corrected chi connectivity index (χ4v) is 2.35. The van der Waals surface area contributed by atoms with Crippen molar-refractivity contribution < 1.29 is 28.1 Å². The molecule has 5 nitrogen and oxygen atoms in total. The Morgan fingerprint density at radius 3 is 2.75 bits per heavy atom. The van der Waals surface area contributed by atoms with Crippen LogP contribution in [0.4, 0.5) is 13.2 Å². The normalized spacial score (nSPS) is 26.6. The Morgan fingerprint density at radius 2 is 2.10 bits per heavy atom. The number of aromatic nitrogens is 2. The molecule has 8 heteroatoms. The molecule has 3 rings (SSSR count). The summed E-state index contributed by atoms with van der Waals surface area (Å²) in [5.41, 5.74) is -0.286. The summed E-state index contributed by atoms with van der Waals surface area (Å²) < 4.78 is 46.6. The Kier molecular flexibility index (Phi) is 3.15. The van der Waals surface area contributed by atoms with Crippen LogP contribution < -0.4 is 0 Å². The third-order valence-electron chi connectivity index (χ3n) is 3.40. The number of rotatable bonds is 2. The minimum absolute atomic E-state index is 0.0252. The van der Waals surface area contributed by atoms with Gasteiger partial charge in [-0.3, -0.25) is 0 Å². The Balaban J connectivity index is 2.06. The van der Waals surface area contributed by atoms with Crippen LogP contribution in [-0.4, -0.2) is 38.6 Å². The minimum Gasteiger partial charge on any atom is -0.394 e. The average Bonchev–Trinajstić information content (AvgIpc) is 2.99. The standard InChI is InChI=1S/C12H11F3N2O3/c13-5-1-6-12(11(15)10(5)14)16-4-17(6)9-2-7(19)8(3-18)20-9/h1,4,7-9,18-19H,2-3H2/t7-,8+,9+/m0/s1. The fourth-order valence-electron chi connectivity index (χ4n) is 2.35. The van der Waals surface area contributed by atoms with E-state index in [-0.39, 0.29) is 24.1 Å². The Bertz CT molecular complexity index is 661. The number of nitrogens with zero attached hydrogens (tertiary/aromatic N) is 2. The molecule has 0 aliphatic carbocycles. The monoisotopic (exact) mass is 288 g/mol. The quantitative estimate of drug-likeness (QED) is 0.812. The number of hydrogen-bond acceptors (Lipinski definition) is 4. The smallest absolute Gasteiger partial charge is 0.196 e. The van der Waals surface area contributed by atoms with Crippen molar-refractivity contribution in [2.45, 2.75) is 24.9 Å². The van der Waals surface area contributed by atoms with Gasteiger partial charge in [-0.2, -0.15) is 0 Å². The van der Waals surface area contributed by atoms with E-state index in [1.54, 1.807) is 0 Å². The molecule has 0 amide bonds. The van der Waals surface area contributed by atoms with Crippen molar-refractivity contribution in [2.24, 2.45) is 0 Å². The Morgan fingerprint density at radius 1 is 1.35 bits per heavy atom. The molecule has 1 saturated heterocycles. The number of imidazole rings is 1. The maximum Gasteiger partial charge on any atom is 0.196 e. The maximum atomic E-state index is 13.6. The van der Waals surface area contributed by atoms with Crippen LogP contribution in [0.2, 0.25) is 0 Å². The lowest BCUT2D eigenvalue weighted by Gasteiger charge is -2.14. The molecule has 1 aliphatic rings. The highest BCUT2D eigenvalue weighted by atomic mass is 19.2. The van der Waals surface area contributed by atoms with Crippen LogP contribution in [0.15, 0.2) is 12.4 Å². The van der Waals surface area contributed by atoms with Gasteiger partial charge in [0, 0.05) is 12.5 Å². The van der Waals surface area contributed by atoms with Crippen molar-refractivity contribution in [1.29, 1.82) is 0 Å². The largest absolute Gasteiger partial charge is 0.394 e. The van der Waals surface area contributed by atoms with E-state index in [1.165, 1.54) is 10.9 Å². The fraction of sp³-hybridized carbons (Fsp3) is 0.417. The number of aliphatic hydroxyl groups is 2. The number of halogens is 3. The minimum atomic E-state index is -1.58. The predicted octanol–water partition coefficient (Wildman–Crippen LogP) is 1.09. The lowest BCUT2D eigenvalue weighted by Crippen LogP contribution is -2.24. The second-order valence-corrected chi connectivity index (χ2v) is 4.62. The summed E-state index contributed by atoms with van der Waals surface area (Å²) in [6, 6.07) is 0.822. The topological polar surface area (TPSA) is 67.5 Å². The van der Waals surface area contributed by atoms with Crippen LogP contribution in [0.3, 0.4) is 0 Å². The number of fused-ring (bicyclic) bond motifs is 1. The van der Waals surface area contributed by atoms with Crippen LogP contribution in [0.25, 0.3) is 11.0 Å². The van der Waals surface area contributed by atoms with Gasteiger partial charge in [0.05, 0.1) is 24.6 Å². The van der Waals surface area contributed by atoms with Crippen molar-refractivity contribution >= 4 is 11.0 Å². The number of ether oxygens (including phenoxy) is 1. The van der Waals surface area contributed by atoms with Crippen molar-refractivity contribution in [3.05, 3.63) is 29.8 Å². The molecule has 0 radical (unpaired) electrons. The molecular weight excluding hydrogens is 277 g/mol. The SMILES string of the molecule is OC[C@H]1O[C@@H](n2cnc3c(F)c(F)c(F)cc32)C[C@@H]1O. The van der Waals surface area contributed by atoms with Crippen LogP contribution in [0.1, 0.15) is 12.6 Å². The highest BCUT2D eigenvalue weighted by molar-refractivity contribution is 5.76. The maximum absolute atomic E-state index is 13.6. The van der Waals surface area contributed by atoms with E-state index in [9.17, 15) is 18.3 Å². The van der Waals surface area contributed by atoms with Gasteiger partial charge in [-0.1, -0.05) is 0 Å². The molecule has 2 aromatic rings. The average molecular weight is 288 g/mol. The van der Waals surface area contributed by atoms with Gasteiger partial charge in [-0.05, 0) is 0 Å². The predicted molar refractivity (Wildman–Crippen MR) is 61.2 cm³/mol. The molecule has 108 valence electrons. The van der Waals surface area contributed by atoms with Gasteiger partial charge in [0.15, 0.2) is 17.5 Å². The molecule has 0 saturated carbocycles. The van der Waals surface area contributed by atoms with E-state index in [4.69, 9.17) is 9.84 Å². The first kappa shape index (κ1) is 13.3. The highest BCUT2D eigenvalue weighted by Crippen LogP contribution is 2.32. The second-order valence-electron chi connectivity index (χ2n) is 4.62. The van der Waals surface area contributed by atoms with Crippen LogP contribution in [-0.2, 0) is 4.74 Å². The zero-order valence-corrected chi connectivity index (χ0v) is 10.1. The van der Waals surface area contributed by atoms with Gasteiger partial charge in [-0.25, -0.2) is 18.2 Å². The summed E-state index contributed by atoms with van der Waals surface area (Å²) in [5.74, 6) is -4.27. The number of hydrogen-bond donors (Lipinski definition) is 2. The first-order chi connectivity index (χ1) is 9.52. The summed E-state index contributed by atoms with van der Waals surface area (Å²) in [5, 5.41) is 18.7. The third-order valence-corrected chi connectivity index (χ3v) is 3.40. The Labute approximate surface area is 111 Å². The summed E-state index contributed by atoms with van der Waals surface area (Å²) in [4.78, 5) is 3.70. The molecular formula is C12H11F3N2O3. The molecule has 20 heavy (non-hydrogen) atoms. The van der Waals surface area contributed by atoms with Crippen molar-refractivity contribution in [3.63, 3.8) is 0 Å². The molecule has 0 unspecified atom stereocenters. The van der Waals surface area contributed by atoms with Gasteiger partial charge >= 0.3 is 0 Å². The molecule has 1 aromatic heterocycles. The van der Waals surface area contributed by atoms with Crippen molar-refractivity contribution in [1.82, 2.24) is 9.55 Å². The van der Waals surface area contributed by atoms with Gasteiger partial charge in [0.2, 0.25) is 0 Å². The first-order valence-corrected chi connectivity index (χ1v) is 5.97. The van der Waals surface area contributed by atoms with E-state index in [0.717, 1.165) is 6.07 Å². The second kappa shape index (κ2) is 4.72. The summed E-state index contributed by atoms with van der Waals surface area (Å²) in [7, 11) is 0. The molecule has 0 bridgehead atoms. The first-order valence-electron chi connectivity index (χ1n) is 5.97. The highest BCUT2D eigenvalue weighted by Gasteiger charge is 2.35. The van der Waals surface area contributed by atoms with E-state index in [0.29, 0.717) is 0 Å². The third kappa shape index (κ3) is 1.88. The number of aliphatic hydroxyl groups excluding tert-OH is 2. The molecule has 1 aromatic carbocycles. The van der Waals surface area contributed by atoms with Crippen LogP contribution >= 0.6 is 0 Å². The van der Waals surface area contributed by atoms with Crippen molar-refractivity contribution in [3.8, 4) is 0 Å². The molecule has 2 N–H and O–H groups in total. The van der Waals surface area contributed by atoms with E-state index in [2.05, 4.69) is 4.98 Å². The summed E-state index contributed by atoms with van der Waals surface area (Å²) >= 11 is 0. The lowest BCUT2D eigenvalue weighted by molar-refractivity contribution is -0.0430. The van der Waals surface area contributed by atoms with Crippen LogP contribution in [0.5, 0.6) is 0 Å². The van der Waals surface area contributed by atoms with E-state index >= 15 is 0 Å². The molecule has 2 heterocycles.